The molecule has 0 aromatic carbocycles. The van der Waals surface area contributed by atoms with Crippen LogP contribution in [0.5, 0.6) is 0 Å². The molecule has 0 saturated heterocycles. The summed E-state index contributed by atoms with van der Waals surface area (Å²) in [5.41, 5.74) is 4.17. The highest BCUT2D eigenvalue weighted by Crippen LogP contribution is 2.26. The van der Waals surface area contributed by atoms with Crippen LogP contribution in [0.4, 0.5) is 5.69 Å². The van der Waals surface area contributed by atoms with Crippen molar-refractivity contribution in [2.24, 2.45) is 21.1 Å². The third-order valence-corrected chi connectivity index (χ3v) is 4.18. The maximum atomic E-state index is 12.7. The summed E-state index contributed by atoms with van der Waals surface area (Å²) in [5, 5.41) is 16.7. The van der Waals surface area contributed by atoms with Gasteiger partial charge in [0.15, 0.2) is 5.65 Å². The molecule has 0 bridgehead atoms. The molecule has 0 atom stereocenters. The highest BCUT2D eigenvalue weighted by atomic mass is 16.1. The normalized spacial score (nSPS) is 11.2. The van der Waals surface area contributed by atoms with E-state index in [9.17, 15) is 4.79 Å². The zero-order valence-corrected chi connectivity index (χ0v) is 14.9. The van der Waals surface area contributed by atoms with E-state index in [0.29, 0.717) is 16.9 Å². The molecule has 1 amide bonds. The van der Waals surface area contributed by atoms with Gasteiger partial charge < -0.3 is 5.32 Å². The number of hydrogen-bond donors (Lipinski definition) is 1. The Morgan fingerprint density at radius 1 is 1.08 bits per heavy atom. The van der Waals surface area contributed by atoms with E-state index >= 15 is 0 Å². The summed E-state index contributed by atoms with van der Waals surface area (Å²) in [4.78, 5) is 17.1. The molecule has 1 N–H and O–H groups in total. The summed E-state index contributed by atoms with van der Waals surface area (Å²) in [6.07, 6.45) is 6.88. The van der Waals surface area contributed by atoms with Crippen LogP contribution in [0.3, 0.4) is 0 Å². The summed E-state index contributed by atoms with van der Waals surface area (Å²) < 4.78 is 5.05. The molecule has 4 rings (SSSR count). The van der Waals surface area contributed by atoms with Gasteiger partial charge in [-0.25, -0.2) is 4.98 Å². The van der Waals surface area contributed by atoms with Gasteiger partial charge in [-0.2, -0.15) is 15.3 Å². The van der Waals surface area contributed by atoms with Crippen molar-refractivity contribution in [3.8, 4) is 11.3 Å². The minimum Gasteiger partial charge on any atom is -0.319 e. The summed E-state index contributed by atoms with van der Waals surface area (Å²) in [6, 6.07) is 1.81. The minimum atomic E-state index is -0.249. The summed E-state index contributed by atoms with van der Waals surface area (Å²) >= 11 is 0. The summed E-state index contributed by atoms with van der Waals surface area (Å²) in [5.74, 6) is -0.249. The summed E-state index contributed by atoms with van der Waals surface area (Å²) in [7, 11) is 5.47. The van der Waals surface area contributed by atoms with Crippen molar-refractivity contribution in [2.45, 2.75) is 6.92 Å². The number of aryl methyl sites for hydroxylation is 4. The molecule has 0 saturated carbocycles. The Bertz CT molecular complexity index is 1130. The number of amides is 1. The molecule has 9 nitrogen and oxygen atoms in total. The molecule has 0 aliphatic carbocycles. The maximum absolute atomic E-state index is 12.7. The van der Waals surface area contributed by atoms with E-state index in [4.69, 9.17) is 0 Å². The van der Waals surface area contributed by atoms with Crippen molar-refractivity contribution in [2.75, 3.05) is 5.32 Å². The second-order valence-corrected chi connectivity index (χ2v) is 6.23. The van der Waals surface area contributed by atoms with E-state index in [1.807, 2.05) is 34.3 Å². The van der Waals surface area contributed by atoms with E-state index in [2.05, 4.69) is 25.6 Å². The number of anilines is 1. The largest absolute Gasteiger partial charge is 0.319 e. The highest BCUT2D eigenvalue weighted by molar-refractivity contribution is 6.07. The Morgan fingerprint density at radius 2 is 1.88 bits per heavy atom. The third kappa shape index (κ3) is 2.63. The second-order valence-electron chi connectivity index (χ2n) is 6.23. The van der Waals surface area contributed by atoms with Crippen molar-refractivity contribution in [3.63, 3.8) is 0 Å². The van der Waals surface area contributed by atoms with Crippen LogP contribution in [0.1, 0.15) is 16.1 Å². The number of hydrogen-bond acceptors (Lipinski definition) is 5. The molecular weight excluding hydrogens is 332 g/mol. The van der Waals surface area contributed by atoms with E-state index in [-0.39, 0.29) is 5.91 Å². The molecule has 0 spiro atoms. The lowest BCUT2D eigenvalue weighted by molar-refractivity contribution is 0.102. The zero-order valence-electron chi connectivity index (χ0n) is 14.9. The number of pyridine rings is 1. The van der Waals surface area contributed by atoms with Gasteiger partial charge >= 0.3 is 0 Å². The van der Waals surface area contributed by atoms with Crippen molar-refractivity contribution < 1.29 is 4.79 Å². The number of carbonyl (C=O) groups is 1. The standard InChI is InChI=1S/C17H18N8O/c1-10-13-5-11(6-18-16(13)25(4)21-10)17(26)20-14-9-24(3)22-15(14)12-7-19-23(2)8-12/h5-9H,1-4H3,(H,20,26). The molecule has 0 unspecified atom stereocenters. The van der Waals surface area contributed by atoms with Gasteiger partial charge in [-0.3, -0.25) is 18.8 Å². The molecule has 4 aromatic heterocycles. The van der Waals surface area contributed by atoms with Crippen molar-refractivity contribution in [3.05, 3.63) is 42.1 Å². The third-order valence-electron chi connectivity index (χ3n) is 4.18. The van der Waals surface area contributed by atoms with Crippen LogP contribution in [-0.4, -0.2) is 40.2 Å². The Labute approximate surface area is 149 Å². The smallest absolute Gasteiger partial charge is 0.257 e. The number of carbonyl (C=O) groups excluding carboxylic acids is 1. The maximum Gasteiger partial charge on any atom is 0.257 e. The molecule has 4 heterocycles. The van der Waals surface area contributed by atoms with Crippen LogP contribution in [0.25, 0.3) is 22.3 Å². The van der Waals surface area contributed by atoms with Gasteiger partial charge in [-0.1, -0.05) is 0 Å². The van der Waals surface area contributed by atoms with Gasteiger partial charge in [-0.15, -0.1) is 0 Å². The predicted molar refractivity (Wildman–Crippen MR) is 96.6 cm³/mol. The first kappa shape index (κ1) is 16.0. The topological polar surface area (TPSA) is 95.5 Å². The van der Waals surface area contributed by atoms with E-state index in [1.165, 1.54) is 0 Å². The number of rotatable bonds is 3. The van der Waals surface area contributed by atoms with Gasteiger partial charge in [0.25, 0.3) is 5.91 Å². The Morgan fingerprint density at radius 3 is 2.62 bits per heavy atom. The number of fused-ring (bicyclic) bond motifs is 1. The van der Waals surface area contributed by atoms with Crippen LogP contribution < -0.4 is 5.32 Å². The van der Waals surface area contributed by atoms with E-state index in [1.54, 1.807) is 38.7 Å². The van der Waals surface area contributed by atoms with Crippen molar-refractivity contribution in [1.82, 2.24) is 34.3 Å². The van der Waals surface area contributed by atoms with Gasteiger partial charge in [0.05, 0.1) is 23.1 Å². The van der Waals surface area contributed by atoms with Crippen LogP contribution >= 0.6 is 0 Å². The molecule has 0 aliphatic rings. The quantitative estimate of drug-likeness (QED) is 0.606. The Hall–Kier alpha value is -3.49. The van der Waals surface area contributed by atoms with E-state index < -0.39 is 0 Å². The first-order valence-electron chi connectivity index (χ1n) is 8.06. The fourth-order valence-corrected chi connectivity index (χ4v) is 2.96. The molecule has 4 aromatic rings. The zero-order chi connectivity index (χ0) is 18.4. The number of aromatic nitrogens is 7. The molecule has 0 radical (unpaired) electrons. The molecule has 132 valence electrons. The van der Waals surface area contributed by atoms with E-state index in [0.717, 1.165) is 22.3 Å². The summed E-state index contributed by atoms with van der Waals surface area (Å²) in [6.45, 7) is 1.90. The Kier molecular flexibility index (Phi) is 3.57. The predicted octanol–water partition coefficient (Wildman–Crippen LogP) is 1.66. The average molecular weight is 350 g/mol. The van der Waals surface area contributed by atoms with Crippen LogP contribution in [-0.2, 0) is 21.1 Å². The fourth-order valence-electron chi connectivity index (χ4n) is 2.96. The molecular formula is C17H18N8O. The molecule has 9 heteroatoms. The van der Waals surface area contributed by atoms with Crippen LogP contribution in [0.2, 0.25) is 0 Å². The van der Waals surface area contributed by atoms with Crippen molar-refractivity contribution in [1.29, 1.82) is 0 Å². The average Bonchev–Trinajstić information content (AvgIpc) is 3.26. The lowest BCUT2D eigenvalue weighted by atomic mass is 10.2. The fraction of sp³-hybridized carbons (Fsp3) is 0.235. The second kappa shape index (κ2) is 5.80. The lowest BCUT2D eigenvalue weighted by Gasteiger charge is -2.05. The monoisotopic (exact) mass is 350 g/mol. The van der Waals surface area contributed by atoms with Gasteiger partial charge in [0.1, 0.15) is 5.69 Å². The number of nitrogens with zero attached hydrogens (tertiary/aromatic N) is 7. The van der Waals surface area contributed by atoms with Gasteiger partial charge in [0, 0.05) is 50.7 Å². The first-order chi connectivity index (χ1) is 12.4. The number of nitrogens with one attached hydrogen (secondary N) is 1. The molecule has 0 aliphatic heterocycles. The first-order valence-corrected chi connectivity index (χ1v) is 8.06. The molecule has 26 heavy (non-hydrogen) atoms. The Balaban J connectivity index is 1.68. The van der Waals surface area contributed by atoms with Gasteiger partial charge in [-0.05, 0) is 13.0 Å². The van der Waals surface area contributed by atoms with Crippen LogP contribution in [0.15, 0.2) is 30.9 Å². The van der Waals surface area contributed by atoms with Crippen LogP contribution in [0, 0.1) is 6.92 Å². The molecule has 0 fully saturated rings. The minimum absolute atomic E-state index is 0.249. The highest BCUT2D eigenvalue weighted by Gasteiger charge is 2.17. The SMILES string of the molecule is Cc1nn(C)c2ncc(C(=O)Nc3cn(C)nc3-c3cnn(C)c3)cc12. The lowest BCUT2D eigenvalue weighted by Crippen LogP contribution is -2.12. The van der Waals surface area contributed by atoms with Gasteiger partial charge in [0.2, 0.25) is 0 Å². The van der Waals surface area contributed by atoms with Crippen molar-refractivity contribution >= 4 is 22.6 Å².